The number of nitrogens with zero attached hydrogens (tertiary/aromatic N) is 3. The molecule has 1 saturated heterocycles. The van der Waals surface area contributed by atoms with Gasteiger partial charge in [0.05, 0.1) is 18.9 Å². The molecule has 1 amide bonds. The quantitative estimate of drug-likeness (QED) is 0.922. The zero-order valence-corrected chi connectivity index (χ0v) is 12.2. The molecule has 19 heavy (non-hydrogen) atoms. The van der Waals surface area contributed by atoms with Crippen molar-refractivity contribution in [2.45, 2.75) is 20.8 Å². The van der Waals surface area contributed by atoms with E-state index in [0.29, 0.717) is 16.9 Å². The smallest absolute Gasteiger partial charge is 0.241 e. The Morgan fingerprint density at radius 2 is 2.26 bits per heavy atom. The van der Waals surface area contributed by atoms with Crippen LogP contribution in [0, 0.1) is 11.3 Å². The van der Waals surface area contributed by atoms with Gasteiger partial charge in [-0.05, 0) is 11.3 Å². The van der Waals surface area contributed by atoms with Crippen molar-refractivity contribution >= 4 is 23.3 Å². The monoisotopic (exact) mass is 282 g/mol. The summed E-state index contributed by atoms with van der Waals surface area (Å²) in [6.07, 6.45) is 2.97. The van der Waals surface area contributed by atoms with Crippen LogP contribution in [-0.4, -0.2) is 40.4 Å². The van der Waals surface area contributed by atoms with Gasteiger partial charge < -0.3 is 10.2 Å². The summed E-state index contributed by atoms with van der Waals surface area (Å²) >= 11 is 5.65. The van der Waals surface area contributed by atoms with Crippen molar-refractivity contribution in [3.63, 3.8) is 0 Å². The zero-order valence-electron chi connectivity index (χ0n) is 11.5. The van der Waals surface area contributed by atoms with Crippen LogP contribution in [0.3, 0.4) is 0 Å². The average Bonchev–Trinajstić information content (AvgIpc) is 2.63. The molecule has 1 fully saturated rings. The van der Waals surface area contributed by atoms with Crippen LogP contribution in [0.2, 0.25) is 5.15 Å². The molecule has 0 saturated carbocycles. The van der Waals surface area contributed by atoms with E-state index < -0.39 is 0 Å². The minimum absolute atomic E-state index is 0.0918. The minimum Gasteiger partial charge on any atom is -0.360 e. The van der Waals surface area contributed by atoms with E-state index in [-0.39, 0.29) is 17.9 Å². The topological polar surface area (TPSA) is 58.1 Å². The van der Waals surface area contributed by atoms with E-state index >= 15 is 0 Å². The van der Waals surface area contributed by atoms with Crippen LogP contribution in [0.25, 0.3) is 0 Å². The number of hydrogen-bond acceptors (Lipinski definition) is 4. The third kappa shape index (κ3) is 3.35. The second-order valence-corrected chi connectivity index (χ2v) is 6.13. The molecule has 0 spiro atoms. The molecule has 1 aliphatic heterocycles. The Balaban J connectivity index is 1.87. The molecule has 0 bridgehead atoms. The summed E-state index contributed by atoms with van der Waals surface area (Å²) in [5.41, 5.74) is 0.190. The number of halogens is 1. The maximum absolute atomic E-state index is 12.1. The first-order valence-electron chi connectivity index (χ1n) is 6.38. The predicted octanol–water partition coefficient (Wildman–Crippen LogP) is 2.05. The fraction of sp³-hybridized carbons (Fsp3) is 0.615. The number of likely N-dealkylation sites (tertiary alicyclic amines) is 1. The third-order valence-corrected chi connectivity index (χ3v) is 4.02. The van der Waals surface area contributed by atoms with Crippen LogP contribution in [0.1, 0.15) is 20.8 Å². The first-order chi connectivity index (χ1) is 8.88. The minimum atomic E-state index is 0.0918. The Kier molecular flexibility index (Phi) is 3.94. The summed E-state index contributed by atoms with van der Waals surface area (Å²) in [7, 11) is 0. The molecule has 1 aromatic heterocycles. The second kappa shape index (κ2) is 5.33. The van der Waals surface area contributed by atoms with Crippen LogP contribution in [-0.2, 0) is 4.79 Å². The van der Waals surface area contributed by atoms with E-state index in [1.807, 2.05) is 4.90 Å². The van der Waals surface area contributed by atoms with E-state index in [1.165, 1.54) is 12.4 Å². The number of rotatable bonds is 3. The maximum Gasteiger partial charge on any atom is 0.241 e. The van der Waals surface area contributed by atoms with Gasteiger partial charge in [0.1, 0.15) is 11.0 Å². The SMILES string of the molecule is C[C@H]1CN(C(=O)CNc2cnc(Cl)cn2)CC1(C)C. The first kappa shape index (κ1) is 14.1. The van der Waals surface area contributed by atoms with Crippen LogP contribution < -0.4 is 5.32 Å². The van der Waals surface area contributed by atoms with Gasteiger partial charge in [-0.3, -0.25) is 4.79 Å². The molecule has 2 rings (SSSR count). The van der Waals surface area contributed by atoms with Crippen molar-refractivity contribution in [3.05, 3.63) is 17.5 Å². The predicted molar refractivity (Wildman–Crippen MR) is 75.1 cm³/mol. The summed E-state index contributed by atoms with van der Waals surface area (Å²) in [5, 5.41) is 3.31. The first-order valence-corrected chi connectivity index (χ1v) is 6.75. The van der Waals surface area contributed by atoms with Gasteiger partial charge in [0.25, 0.3) is 0 Å². The fourth-order valence-electron chi connectivity index (χ4n) is 2.16. The lowest BCUT2D eigenvalue weighted by atomic mass is 9.84. The van der Waals surface area contributed by atoms with E-state index in [0.717, 1.165) is 13.1 Å². The van der Waals surface area contributed by atoms with Crippen molar-refractivity contribution in [3.8, 4) is 0 Å². The molecule has 1 N–H and O–H groups in total. The highest BCUT2D eigenvalue weighted by molar-refractivity contribution is 6.29. The van der Waals surface area contributed by atoms with Gasteiger partial charge in [0, 0.05) is 13.1 Å². The largest absolute Gasteiger partial charge is 0.360 e. The molecule has 0 unspecified atom stereocenters. The van der Waals surface area contributed by atoms with Gasteiger partial charge in [-0.25, -0.2) is 9.97 Å². The average molecular weight is 283 g/mol. The summed E-state index contributed by atoms with van der Waals surface area (Å²) in [5.74, 6) is 1.17. The van der Waals surface area contributed by atoms with Crippen LogP contribution in [0.4, 0.5) is 5.82 Å². The van der Waals surface area contributed by atoms with Gasteiger partial charge in [-0.15, -0.1) is 0 Å². The fourth-order valence-corrected chi connectivity index (χ4v) is 2.26. The highest BCUT2D eigenvalue weighted by Gasteiger charge is 2.38. The Bertz CT molecular complexity index is 460. The standard InChI is InChI=1S/C13H19ClN4O/c1-9-7-18(8-13(9,2)3)12(19)6-17-11-5-15-10(14)4-16-11/h4-5,9H,6-8H2,1-3H3,(H,16,17)/t9-/m0/s1. The van der Waals surface area contributed by atoms with Gasteiger partial charge in [0.15, 0.2) is 0 Å². The maximum atomic E-state index is 12.1. The van der Waals surface area contributed by atoms with E-state index in [4.69, 9.17) is 11.6 Å². The molecule has 1 atom stereocenters. The van der Waals surface area contributed by atoms with E-state index in [9.17, 15) is 4.79 Å². The highest BCUT2D eigenvalue weighted by atomic mass is 35.5. The molecule has 0 aromatic carbocycles. The molecular weight excluding hydrogens is 264 g/mol. The highest BCUT2D eigenvalue weighted by Crippen LogP contribution is 2.34. The molecule has 2 heterocycles. The lowest BCUT2D eigenvalue weighted by molar-refractivity contribution is -0.128. The van der Waals surface area contributed by atoms with Crippen molar-refractivity contribution in [2.75, 3.05) is 25.0 Å². The number of carbonyl (C=O) groups is 1. The lowest BCUT2D eigenvalue weighted by Crippen LogP contribution is -2.34. The van der Waals surface area contributed by atoms with Crippen LogP contribution in [0.15, 0.2) is 12.4 Å². The molecule has 104 valence electrons. The molecular formula is C13H19ClN4O. The molecule has 1 aromatic rings. The summed E-state index contributed by atoms with van der Waals surface area (Å²) in [4.78, 5) is 22.0. The number of hydrogen-bond donors (Lipinski definition) is 1. The summed E-state index contributed by atoms with van der Waals surface area (Å²) in [6, 6.07) is 0. The second-order valence-electron chi connectivity index (χ2n) is 5.74. The summed E-state index contributed by atoms with van der Waals surface area (Å²) < 4.78 is 0. The Labute approximate surface area is 118 Å². The van der Waals surface area contributed by atoms with Crippen molar-refractivity contribution in [1.29, 1.82) is 0 Å². The Morgan fingerprint density at radius 3 is 2.79 bits per heavy atom. The van der Waals surface area contributed by atoms with Crippen LogP contribution >= 0.6 is 11.6 Å². The van der Waals surface area contributed by atoms with Crippen LogP contribution in [0.5, 0.6) is 0 Å². The van der Waals surface area contributed by atoms with Gasteiger partial charge in [0.2, 0.25) is 5.91 Å². The normalized spacial score (nSPS) is 21.5. The van der Waals surface area contributed by atoms with E-state index in [2.05, 4.69) is 36.1 Å². The molecule has 6 heteroatoms. The zero-order chi connectivity index (χ0) is 14.0. The number of amides is 1. The molecule has 0 radical (unpaired) electrons. The number of anilines is 1. The molecule has 0 aliphatic carbocycles. The van der Waals surface area contributed by atoms with Crippen molar-refractivity contribution in [1.82, 2.24) is 14.9 Å². The number of nitrogens with one attached hydrogen (secondary N) is 1. The molecule has 1 aliphatic rings. The lowest BCUT2D eigenvalue weighted by Gasteiger charge is -2.22. The number of carbonyl (C=O) groups excluding carboxylic acids is 1. The van der Waals surface area contributed by atoms with Gasteiger partial charge in [-0.2, -0.15) is 0 Å². The van der Waals surface area contributed by atoms with Crippen molar-refractivity contribution < 1.29 is 4.79 Å². The van der Waals surface area contributed by atoms with Gasteiger partial charge in [-0.1, -0.05) is 32.4 Å². The molecule has 5 nitrogen and oxygen atoms in total. The third-order valence-electron chi connectivity index (χ3n) is 3.82. The Morgan fingerprint density at radius 1 is 1.53 bits per heavy atom. The van der Waals surface area contributed by atoms with Crippen molar-refractivity contribution in [2.24, 2.45) is 11.3 Å². The van der Waals surface area contributed by atoms with Gasteiger partial charge >= 0.3 is 0 Å². The number of aromatic nitrogens is 2. The van der Waals surface area contributed by atoms with E-state index in [1.54, 1.807) is 0 Å². The summed E-state index contributed by atoms with van der Waals surface area (Å²) in [6.45, 7) is 8.44. The Hall–Kier alpha value is -1.36.